The van der Waals surface area contributed by atoms with Gasteiger partial charge in [0.1, 0.15) is 11.6 Å². The van der Waals surface area contributed by atoms with Gasteiger partial charge in [-0.2, -0.15) is 0 Å². The molecule has 0 amide bonds. The number of fused-ring (bicyclic) bond motifs is 2. The molecule has 1 aliphatic rings. The second-order valence-corrected chi connectivity index (χ2v) is 7.93. The third-order valence-corrected chi connectivity index (χ3v) is 5.27. The molecular weight excluding hydrogens is 380 g/mol. The monoisotopic (exact) mass is 403 g/mol. The van der Waals surface area contributed by atoms with Crippen LogP contribution in [0.25, 0.3) is 22.6 Å². The summed E-state index contributed by atoms with van der Waals surface area (Å²) in [7, 11) is 0. The smallest absolute Gasteiger partial charge is 0.261 e. The van der Waals surface area contributed by atoms with E-state index in [4.69, 9.17) is 4.74 Å². The predicted octanol–water partition coefficient (Wildman–Crippen LogP) is 3.13. The van der Waals surface area contributed by atoms with Gasteiger partial charge in [-0.05, 0) is 65.8 Å². The Bertz CT molecular complexity index is 1190. The van der Waals surface area contributed by atoms with Gasteiger partial charge in [-0.15, -0.1) is 0 Å². The van der Waals surface area contributed by atoms with Crippen LogP contribution in [0.15, 0.2) is 47.3 Å². The van der Waals surface area contributed by atoms with E-state index < -0.39 is 5.97 Å². The normalized spacial score (nSPS) is 14.4. The van der Waals surface area contributed by atoms with Crippen molar-refractivity contribution >= 4 is 28.5 Å². The highest BCUT2D eigenvalue weighted by molar-refractivity contribution is 5.92. The quantitative estimate of drug-likeness (QED) is 0.631. The van der Waals surface area contributed by atoms with E-state index in [0.717, 1.165) is 23.3 Å². The fraction of sp³-hybridized carbons (Fsp3) is 0.292. The maximum Gasteiger partial charge on any atom is 0.261 e. The van der Waals surface area contributed by atoms with Crippen molar-refractivity contribution in [3.8, 4) is 5.75 Å². The molecule has 0 bridgehead atoms. The molecule has 0 spiro atoms. The van der Waals surface area contributed by atoms with Gasteiger partial charge < -0.3 is 14.6 Å². The van der Waals surface area contributed by atoms with Crippen LogP contribution in [0, 0.1) is 5.92 Å². The second kappa shape index (κ2) is 8.14. The maximum absolute atomic E-state index is 12.8. The van der Waals surface area contributed by atoms with Gasteiger partial charge in [-0.3, -0.25) is 9.36 Å². The average molecular weight is 403 g/mol. The van der Waals surface area contributed by atoms with Crippen molar-refractivity contribution in [1.82, 2.24) is 9.55 Å². The van der Waals surface area contributed by atoms with E-state index in [2.05, 4.69) is 18.8 Å². The molecule has 0 saturated carbocycles. The molecule has 0 fully saturated rings. The number of carboxylic acid groups (broad SMARTS) is 1. The van der Waals surface area contributed by atoms with Crippen LogP contribution in [0.2, 0.25) is 0 Å². The summed E-state index contributed by atoms with van der Waals surface area (Å²) in [6.07, 6.45) is 3.72. The number of carboxylic acids is 1. The fourth-order valence-electron chi connectivity index (χ4n) is 3.56. The summed E-state index contributed by atoms with van der Waals surface area (Å²) in [6, 6.07) is 12.1. The van der Waals surface area contributed by atoms with E-state index in [1.807, 2.05) is 30.3 Å². The third kappa shape index (κ3) is 3.99. The lowest BCUT2D eigenvalue weighted by Crippen LogP contribution is -2.23. The molecule has 1 aliphatic heterocycles. The molecule has 2 aromatic carbocycles. The number of aromatic carboxylic acids is 1. The van der Waals surface area contributed by atoms with Crippen LogP contribution in [0.3, 0.4) is 0 Å². The van der Waals surface area contributed by atoms with E-state index in [9.17, 15) is 14.7 Å². The van der Waals surface area contributed by atoms with Gasteiger partial charge in [0.05, 0.1) is 23.5 Å². The minimum Gasteiger partial charge on any atom is -0.545 e. The van der Waals surface area contributed by atoms with E-state index in [0.29, 0.717) is 42.2 Å². The molecule has 4 rings (SSSR count). The van der Waals surface area contributed by atoms with Crippen molar-refractivity contribution in [2.24, 2.45) is 5.92 Å². The van der Waals surface area contributed by atoms with Gasteiger partial charge in [0.2, 0.25) is 0 Å². The number of hydrogen-bond donors (Lipinski definition) is 0. The Morgan fingerprint density at radius 3 is 2.70 bits per heavy atom. The summed E-state index contributed by atoms with van der Waals surface area (Å²) in [6.45, 7) is 5.58. The average Bonchev–Trinajstić information content (AvgIpc) is 3.11. The molecule has 0 N–H and O–H groups in total. The minimum absolute atomic E-state index is 0.0101. The summed E-state index contributed by atoms with van der Waals surface area (Å²) >= 11 is 0. The van der Waals surface area contributed by atoms with Crippen molar-refractivity contribution in [3.05, 3.63) is 69.8 Å². The molecule has 6 heteroatoms. The first-order chi connectivity index (χ1) is 14.4. The number of hydrogen-bond acceptors (Lipinski definition) is 5. The zero-order chi connectivity index (χ0) is 21.3. The number of ether oxygens (including phenoxy) is 1. The third-order valence-electron chi connectivity index (χ3n) is 5.27. The van der Waals surface area contributed by atoms with E-state index in [1.165, 1.54) is 18.2 Å². The summed E-state index contributed by atoms with van der Waals surface area (Å²) in [5.41, 5.74) is 2.16. The molecule has 2 heterocycles. The molecule has 3 aromatic rings. The molecule has 0 saturated heterocycles. The summed E-state index contributed by atoms with van der Waals surface area (Å²) < 4.78 is 7.41. The zero-order valence-corrected chi connectivity index (χ0v) is 17.1. The molecular formula is C24H23N2O4-. The number of rotatable bonds is 6. The van der Waals surface area contributed by atoms with Crippen LogP contribution in [0.5, 0.6) is 5.75 Å². The lowest BCUT2D eigenvalue weighted by atomic mass is 10.1. The first-order valence-corrected chi connectivity index (χ1v) is 10.1. The number of allylic oxidation sites excluding steroid dienone is 1. The van der Waals surface area contributed by atoms with Gasteiger partial charge >= 0.3 is 0 Å². The Morgan fingerprint density at radius 1 is 1.23 bits per heavy atom. The first-order valence-electron chi connectivity index (χ1n) is 10.1. The SMILES string of the molecule is CC(C)CCOc1ccc(/C=C2\CCn3c2nc2cc(C(=O)[O-])ccc2c3=O)cc1. The van der Waals surface area contributed by atoms with Gasteiger partial charge in [0, 0.05) is 6.54 Å². The Balaban J connectivity index is 1.63. The summed E-state index contributed by atoms with van der Waals surface area (Å²) in [5.74, 6) is 0.733. The van der Waals surface area contributed by atoms with Crippen LogP contribution >= 0.6 is 0 Å². The van der Waals surface area contributed by atoms with Gasteiger partial charge in [0.15, 0.2) is 0 Å². The Kier molecular flexibility index (Phi) is 5.40. The number of nitrogens with zero attached hydrogens (tertiary/aromatic N) is 2. The summed E-state index contributed by atoms with van der Waals surface area (Å²) in [5, 5.41) is 11.6. The van der Waals surface area contributed by atoms with Crippen LogP contribution in [0.4, 0.5) is 0 Å². The second-order valence-electron chi connectivity index (χ2n) is 7.93. The molecule has 0 atom stereocenters. The Labute approximate surface area is 174 Å². The lowest BCUT2D eigenvalue weighted by Gasteiger charge is -2.09. The summed E-state index contributed by atoms with van der Waals surface area (Å²) in [4.78, 5) is 28.6. The topological polar surface area (TPSA) is 84.2 Å². The van der Waals surface area contributed by atoms with Crippen LogP contribution in [0.1, 0.15) is 48.4 Å². The lowest BCUT2D eigenvalue weighted by molar-refractivity contribution is -0.255. The van der Waals surface area contributed by atoms with Crippen molar-refractivity contribution in [2.45, 2.75) is 33.2 Å². The highest BCUT2D eigenvalue weighted by atomic mass is 16.5. The number of carbonyl (C=O) groups is 1. The van der Waals surface area contributed by atoms with E-state index in [1.54, 1.807) is 4.57 Å². The highest BCUT2D eigenvalue weighted by Crippen LogP contribution is 2.28. The number of aromatic nitrogens is 2. The number of benzene rings is 2. The largest absolute Gasteiger partial charge is 0.545 e. The minimum atomic E-state index is -1.29. The van der Waals surface area contributed by atoms with Gasteiger partial charge in [-0.1, -0.05) is 32.0 Å². The predicted molar refractivity (Wildman–Crippen MR) is 114 cm³/mol. The first kappa shape index (κ1) is 19.9. The molecule has 1 aromatic heterocycles. The standard InChI is InChI=1S/C24H24N2O4/c1-15(2)10-12-30-19-6-3-16(4-7-19)13-17-9-11-26-22(17)25-21-14-18(24(28)29)5-8-20(21)23(26)27/h3-8,13-15H,9-12H2,1-2H3,(H,28,29)/p-1/b17-13+. The van der Waals surface area contributed by atoms with Crippen molar-refractivity contribution in [3.63, 3.8) is 0 Å². The molecule has 154 valence electrons. The van der Waals surface area contributed by atoms with Crippen molar-refractivity contribution in [1.29, 1.82) is 0 Å². The van der Waals surface area contributed by atoms with Crippen LogP contribution in [-0.4, -0.2) is 22.1 Å². The molecule has 6 nitrogen and oxygen atoms in total. The Morgan fingerprint density at radius 2 is 2.00 bits per heavy atom. The highest BCUT2D eigenvalue weighted by Gasteiger charge is 2.21. The van der Waals surface area contributed by atoms with Crippen LogP contribution in [-0.2, 0) is 6.54 Å². The molecule has 0 radical (unpaired) electrons. The fourth-order valence-corrected chi connectivity index (χ4v) is 3.56. The van der Waals surface area contributed by atoms with Crippen molar-refractivity contribution in [2.75, 3.05) is 6.61 Å². The molecule has 0 unspecified atom stereocenters. The van der Waals surface area contributed by atoms with E-state index in [-0.39, 0.29) is 11.1 Å². The number of carbonyl (C=O) groups excluding carboxylic acids is 1. The van der Waals surface area contributed by atoms with Crippen molar-refractivity contribution < 1.29 is 14.6 Å². The zero-order valence-electron chi connectivity index (χ0n) is 17.1. The molecule has 30 heavy (non-hydrogen) atoms. The van der Waals surface area contributed by atoms with Crippen LogP contribution < -0.4 is 15.4 Å². The Hall–Kier alpha value is -3.41. The van der Waals surface area contributed by atoms with E-state index >= 15 is 0 Å². The molecule has 0 aliphatic carbocycles. The van der Waals surface area contributed by atoms with Gasteiger partial charge in [-0.25, -0.2) is 4.98 Å². The maximum atomic E-state index is 12.8. The van der Waals surface area contributed by atoms with Gasteiger partial charge in [0.25, 0.3) is 5.56 Å².